The molecular formula is C15H23N3O2. The third-order valence-electron chi connectivity index (χ3n) is 4.03. The van der Waals surface area contributed by atoms with Crippen LogP contribution in [-0.2, 0) is 0 Å². The van der Waals surface area contributed by atoms with Gasteiger partial charge in [0.15, 0.2) is 0 Å². The van der Waals surface area contributed by atoms with Crippen LogP contribution in [0.15, 0.2) is 23.1 Å². The van der Waals surface area contributed by atoms with E-state index in [-0.39, 0.29) is 11.5 Å². The Labute approximate surface area is 119 Å². The highest BCUT2D eigenvalue weighted by molar-refractivity contribution is 5.94. The normalized spacial score (nSPS) is 22.8. The van der Waals surface area contributed by atoms with Crippen molar-refractivity contribution in [3.05, 3.63) is 34.2 Å². The number of amides is 1. The summed E-state index contributed by atoms with van der Waals surface area (Å²) >= 11 is 0. The van der Waals surface area contributed by atoms with E-state index in [2.05, 4.69) is 24.1 Å². The number of nitrogens with one attached hydrogen (secondary N) is 2. The first kappa shape index (κ1) is 14.8. The van der Waals surface area contributed by atoms with E-state index in [1.54, 1.807) is 6.07 Å². The molecule has 1 fully saturated rings. The number of likely N-dealkylation sites (tertiary alicyclic amines) is 1. The third kappa shape index (κ3) is 3.28. The van der Waals surface area contributed by atoms with Crippen molar-refractivity contribution in [1.29, 1.82) is 0 Å². The molecule has 5 heteroatoms. The van der Waals surface area contributed by atoms with E-state index < -0.39 is 0 Å². The summed E-state index contributed by atoms with van der Waals surface area (Å²) in [6.45, 7) is 6.75. The Morgan fingerprint density at radius 2 is 2.30 bits per heavy atom. The number of H-pyrrole nitrogens is 1. The van der Waals surface area contributed by atoms with Crippen LogP contribution in [0, 0.1) is 5.92 Å². The molecular weight excluding hydrogens is 254 g/mol. The minimum atomic E-state index is -0.231. The standard InChI is InChI=1S/C15H23N3O2/c1-3-11-10-18(8-6-13(11)16-4-2)15(20)12-5-7-17-14(19)9-12/h5,7,9,11,13,16H,3-4,6,8,10H2,1-2H3,(H,17,19). The van der Waals surface area contributed by atoms with Crippen molar-refractivity contribution in [1.82, 2.24) is 15.2 Å². The van der Waals surface area contributed by atoms with Crippen LogP contribution in [0.25, 0.3) is 0 Å². The number of carbonyl (C=O) groups excluding carboxylic acids is 1. The molecule has 20 heavy (non-hydrogen) atoms. The number of hydrogen-bond donors (Lipinski definition) is 2. The lowest BCUT2D eigenvalue weighted by molar-refractivity contribution is 0.0628. The highest BCUT2D eigenvalue weighted by atomic mass is 16.2. The van der Waals surface area contributed by atoms with Crippen molar-refractivity contribution in [3.63, 3.8) is 0 Å². The zero-order valence-electron chi connectivity index (χ0n) is 12.2. The average molecular weight is 277 g/mol. The van der Waals surface area contributed by atoms with Gasteiger partial charge in [-0.25, -0.2) is 0 Å². The third-order valence-corrected chi connectivity index (χ3v) is 4.03. The van der Waals surface area contributed by atoms with Gasteiger partial charge in [-0.05, 0) is 24.9 Å². The van der Waals surface area contributed by atoms with Crippen molar-refractivity contribution < 1.29 is 4.79 Å². The Morgan fingerprint density at radius 1 is 1.50 bits per heavy atom. The fourth-order valence-electron chi connectivity index (χ4n) is 2.92. The number of piperidine rings is 1. The minimum Gasteiger partial charge on any atom is -0.338 e. The molecule has 2 N–H and O–H groups in total. The molecule has 1 aromatic rings. The Balaban J connectivity index is 2.07. The highest BCUT2D eigenvalue weighted by Crippen LogP contribution is 2.21. The van der Waals surface area contributed by atoms with Gasteiger partial charge >= 0.3 is 0 Å². The Bertz CT molecular complexity index is 512. The molecule has 0 aliphatic carbocycles. The largest absolute Gasteiger partial charge is 0.338 e. The van der Waals surface area contributed by atoms with Crippen LogP contribution >= 0.6 is 0 Å². The second-order valence-electron chi connectivity index (χ2n) is 5.31. The summed E-state index contributed by atoms with van der Waals surface area (Å²) in [5, 5.41) is 3.50. The summed E-state index contributed by atoms with van der Waals surface area (Å²) in [6.07, 6.45) is 3.55. The van der Waals surface area contributed by atoms with Gasteiger partial charge in [-0.2, -0.15) is 0 Å². The summed E-state index contributed by atoms with van der Waals surface area (Å²) < 4.78 is 0. The van der Waals surface area contributed by atoms with Crippen LogP contribution < -0.4 is 10.9 Å². The molecule has 110 valence electrons. The van der Waals surface area contributed by atoms with E-state index in [1.807, 2.05) is 4.90 Å². The van der Waals surface area contributed by atoms with Crippen molar-refractivity contribution >= 4 is 5.91 Å². The predicted molar refractivity (Wildman–Crippen MR) is 78.8 cm³/mol. The molecule has 1 amide bonds. The van der Waals surface area contributed by atoms with Crippen molar-refractivity contribution in [2.45, 2.75) is 32.7 Å². The fourth-order valence-corrected chi connectivity index (χ4v) is 2.92. The zero-order chi connectivity index (χ0) is 14.5. The van der Waals surface area contributed by atoms with Gasteiger partial charge in [-0.3, -0.25) is 9.59 Å². The molecule has 2 unspecified atom stereocenters. The van der Waals surface area contributed by atoms with Crippen molar-refractivity contribution in [2.75, 3.05) is 19.6 Å². The molecule has 5 nitrogen and oxygen atoms in total. The average Bonchev–Trinajstić information content (AvgIpc) is 2.47. The molecule has 0 saturated carbocycles. The van der Waals surface area contributed by atoms with Gasteiger partial charge in [-0.1, -0.05) is 20.3 Å². The maximum atomic E-state index is 12.4. The first-order valence-electron chi connectivity index (χ1n) is 7.37. The number of nitrogens with zero attached hydrogens (tertiary/aromatic N) is 1. The summed E-state index contributed by atoms with van der Waals surface area (Å²) in [5.74, 6) is 0.444. The summed E-state index contributed by atoms with van der Waals surface area (Å²) in [5.41, 5.74) is 0.246. The molecule has 0 aromatic carbocycles. The molecule has 1 aromatic heterocycles. The van der Waals surface area contributed by atoms with Crippen LogP contribution in [0.2, 0.25) is 0 Å². The van der Waals surface area contributed by atoms with Gasteiger partial charge in [0.05, 0.1) is 0 Å². The molecule has 1 aliphatic rings. The summed E-state index contributed by atoms with van der Waals surface area (Å²) in [7, 11) is 0. The van der Waals surface area contributed by atoms with Gasteiger partial charge in [0.25, 0.3) is 5.91 Å². The lowest BCUT2D eigenvalue weighted by Gasteiger charge is -2.38. The SMILES string of the molecule is CCNC1CCN(C(=O)c2cc[nH]c(=O)c2)CC1CC. The van der Waals surface area contributed by atoms with Crippen LogP contribution in [0.3, 0.4) is 0 Å². The maximum Gasteiger partial charge on any atom is 0.254 e. The molecule has 0 spiro atoms. The number of aromatic nitrogens is 1. The Morgan fingerprint density at radius 3 is 2.95 bits per heavy atom. The van der Waals surface area contributed by atoms with E-state index in [9.17, 15) is 9.59 Å². The van der Waals surface area contributed by atoms with Gasteiger partial charge in [0.1, 0.15) is 0 Å². The molecule has 2 heterocycles. The second-order valence-corrected chi connectivity index (χ2v) is 5.31. The van der Waals surface area contributed by atoms with E-state index in [4.69, 9.17) is 0 Å². The fraction of sp³-hybridized carbons (Fsp3) is 0.600. The molecule has 1 saturated heterocycles. The summed E-state index contributed by atoms with van der Waals surface area (Å²) in [6, 6.07) is 3.54. The van der Waals surface area contributed by atoms with Gasteiger partial charge in [-0.15, -0.1) is 0 Å². The highest BCUT2D eigenvalue weighted by Gasteiger charge is 2.30. The number of rotatable bonds is 4. The van der Waals surface area contributed by atoms with E-state index in [0.717, 1.165) is 32.5 Å². The van der Waals surface area contributed by atoms with E-state index in [0.29, 0.717) is 17.5 Å². The lowest BCUT2D eigenvalue weighted by atomic mass is 9.89. The van der Waals surface area contributed by atoms with Crippen LogP contribution in [0.4, 0.5) is 0 Å². The zero-order valence-corrected chi connectivity index (χ0v) is 12.2. The van der Waals surface area contributed by atoms with Crippen LogP contribution in [-0.4, -0.2) is 41.5 Å². The van der Waals surface area contributed by atoms with Gasteiger partial charge in [0, 0.05) is 37.0 Å². The van der Waals surface area contributed by atoms with Gasteiger partial charge < -0.3 is 15.2 Å². The Hall–Kier alpha value is -1.62. The maximum absolute atomic E-state index is 12.4. The van der Waals surface area contributed by atoms with E-state index in [1.165, 1.54) is 12.3 Å². The number of pyridine rings is 1. The first-order chi connectivity index (χ1) is 9.65. The van der Waals surface area contributed by atoms with Gasteiger partial charge in [0.2, 0.25) is 5.56 Å². The Kier molecular flexibility index (Phi) is 4.95. The number of carbonyl (C=O) groups is 1. The number of hydrogen-bond acceptors (Lipinski definition) is 3. The molecule has 2 rings (SSSR count). The molecule has 0 bridgehead atoms. The minimum absolute atomic E-state index is 0.0375. The quantitative estimate of drug-likeness (QED) is 0.870. The van der Waals surface area contributed by atoms with Crippen molar-refractivity contribution in [2.24, 2.45) is 5.92 Å². The summed E-state index contributed by atoms with van der Waals surface area (Å²) in [4.78, 5) is 28.1. The second kappa shape index (κ2) is 6.70. The van der Waals surface area contributed by atoms with Crippen LogP contribution in [0.5, 0.6) is 0 Å². The van der Waals surface area contributed by atoms with Crippen molar-refractivity contribution in [3.8, 4) is 0 Å². The molecule has 2 atom stereocenters. The lowest BCUT2D eigenvalue weighted by Crippen LogP contribution is -2.50. The topological polar surface area (TPSA) is 65.2 Å². The predicted octanol–water partition coefficient (Wildman–Crippen LogP) is 1.23. The first-order valence-corrected chi connectivity index (χ1v) is 7.37. The van der Waals surface area contributed by atoms with E-state index >= 15 is 0 Å². The monoisotopic (exact) mass is 277 g/mol. The molecule has 1 aliphatic heterocycles. The smallest absolute Gasteiger partial charge is 0.254 e. The van der Waals surface area contributed by atoms with Crippen LogP contribution in [0.1, 0.15) is 37.0 Å². The number of aromatic amines is 1. The molecule has 0 radical (unpaired) electrons.